The van der Waals surface area contributed by atoms with Crippen LogP contribution in [0.25, 0.3) is 0 Å². The number of carbonyl (C=O) groups excluding carboxylic acids is 2. The summed E-state index contributed by atoms with van der Waals surface area (Å²) in [5.74, 6) is -2.37. The first kappa shape index (κ1) is 13.5. The minimum Gasteiger partial charge on any atom is -0.358 e. The van der Waals surface area contributed by atoms with Gasteiger partial charge in [-0.05, 0) is 28.9 Å². The van der Waals surface area contributed by atoms with Gasteiger partial charge in [0.05, 0.1) is 11.8 Å². The Labute approximate surface area is 108 Å². The van der Waals surface area contributed by atoms with Crippen molar-refractivity contribution in [3.63, 3.8) is 0 Å². The van der Waals surface area contributed by atoms with E-state index >= 15 is 0 Å². The molecule has 0 aliphatic heterocycles. The lowest BCUT2D eigenvalue weighted by Crippen LogP contribution is -2.33. The lowest BCUT2D eigenvalue weighted by Gasteiger charge is -2.08. The van der Waals surface area contributed by atoms with Crippen molar-refractivity contribution >= 4 is 27.6 Å². The van der Waals surface area contributed by atoms with Crippen molar-refractivity contribution in [2.75, 3.05) is 7.05 Å². The second kappa shape index (κ2) is 5.64. The van der Waals surface area contributed by atoms with E-state index in [9.17, 15) is 9.59 Å². The van der Waals surface area contributed by atoms with Crippen molar-refractivity contribution in [2.45, 2.75) is 13.5 Å². The molecule has 0 radical (unpaired) electrons. The molecule has 0 unspecified atom stereocenters. The zero-order chi connectivity index (χ0) is 13.0. The van der Waals surface area contributed by atoms with Crippen LogP contribution in [0.2, 0.25) is 0 Å². The molecule has 1 aromatic rings. The van der Waals surface area contributed by atoms with E-state index in [2.05, 4.69) is 21.2 Å². The molecule has 0 aliphatic rings. The van der Waals surface area contributed by atoms with Crippen LogP contribution in [-0.4, -0.2) is 23.3 Å². The highest BCUT2D eigenvalue weighted by atomic mass is 79.9. The predicted molar refractivity (Wildman–Crippen MR) is 65.3 cm³/mol. The highest BCUT2D eigenvalue weighted by Crippen LogP contribution is 2.18. The van der Waals surface area contributed by atoms with Crippen molar-refractivity contribution in [1.29, 1.82) is 5.26 Å². The van der Waals surface area contributed by atoms with E-state index in [1.54, 1.807) is 22.9 Å². The first-order valence-corrected chi connectivity index (χ1v) is 5.85. The summed E-state index contributed by atoms with van der Waals surface area (Å²) in [6.07, 6.45) is 1.74. The molecule has 0 aromatic carbocycles. The zero-order valence-electron chi connectivity index (χ0n) is 9.53. The Morgan fingerprint density at radius 1 is 1.65 bits per heavy atom. The molecule has 5 nitrogen and oxygen atoms in total. The molecule has 0 aliphatic carbocycles. The molecule has 1 atom stereocenters. The highest BCUT2D eigenvalue weighted by Gasteiger charge is 2.28. The SMILES string of the molecule is CCn1cc(Br)cc1C(=O)[C@H](C#N)C(=O)NC. The van der Waals surface area contributed by atoms with Gasteiger partial charge in [0, 0.05) is 24.3 Å². The molecule has 6 heteroatoms. The fourth-order valence-electron chi connectivity index (χ4n) is 1.47. The summed E-state index contributed by atoms with van der Waals surface area (Å²) in [6, 6.07) is 3.33. The van der Waals surface area contributed by atoms with E-state index in [1.807, 2.05) is 6.92 Å². The topological polar surface area (TPSA) is 74.9 Å². The number of carbonyl (C=O) groups is 2. The van der Waals surface area contributed by atoms with Crippen LogP contribution in [0.4, 0.5) is 0 Å². The number of Topliss-reactive ketones (excluding diaryl/α,β-unsaturated/α-hetero) is 1. The fraction of sp³-hybridized carbons (Fsp3) is 0.364. The van der Waals surface area contributed by atoms with Gasteiger partial charge in [-0.2, -0.15) is 5.26 Å². The van der Waals surface area contributed by atoms with E-state index in [4.69, 9.17) is 5.26 Å². The Kier molecular flexibility index (Phi) is 4.46. The average molecular weight is 298 g/mol. The molecule has 0 saturated carbocycles. The summed E-state index contributed by atoms with van der Waals surface area (Å²) < 4.78 is 2.44. The Morgan fingerprint density at radius 2 is 2.29 bits per heavy atom. The van der Waals surface area contributed by atoms with Crippen molar-refractivity contribution in [3.05, 3.63) is 22.4 Å². The number of halogens is 1. The lowest BCUT2D eigenvalue weighted by atomic mass is 10.0. The third kappa shape index (κ3) is 2.74. The standard InChI is InChI=1S/C11H12BrN3O2/c1-3-15-6-7(12)4-9(15)10(16)8(5-13)11(17)14-2/h4,6,8H,3H2,1-2H3,(H,14,17)/t8-/m0/s1. The summed E-state index contributed by atoms with van der Waals surface area (Å²) in [4.78, 5) is 23.4. The van der Waals surface area contributed by atoms with Crippen molar-refractivity contribution in [3.8, 4) is 6.07 Å². The van der Waals surface area contributed by atoms with E-state index in [1.165, 1.54) is 7.05 Å². The average Bonchev–Trinajstić information content (AvgIpc) is 2.70. The summed E-state index contributed by atoms with van der Waals surface area (Å²) in [5, 5.41) is 11.2. The number of aromatic nitrogens is 1. The summed E-state index contributed by atoms with van der Waals surface area (Å²) >= 11 is 3.26. The van der Waals surface area contributed by atoms with E-state index in [-0.39, 0.29) is 0 Å². The van der Waals surface area contributed by atoms with Crippen LogP contribution in [0.1, 0.15) is 17.4 Å². The van der Waals surface area contributed by atoms with Crippen molar-refractivity contribution in [2.24, 2.45) is 5.92 Å². The molecular formula is C11H12BrN3O2. The van der Waals surface area contributed by atoms with Gasteiger partial charge >= 0.3 is 0 Å². The maximum atomic E-state index is 12.0. The molecule has 1 rings (SSSR count). The maximum Gasteiger partial charge on any atom is 0.245 e. The molecule has 1 amide bonds. The Hall–Kier alpha value is -1.61. The first-order chi connectivity index (χ1) is 8.04. The molecule has 17 heavy (non-hydrogen) atoms. The van der Waals surface area contributed by atoms with Gasteiger partial charge in [0.1, 0.15) is 0 Å². The van der Waals surface area contributed by atoms with Gasteiger partial charge in [0.2, 0.25) is 11.7 Å². The van der Waals surface area contributed by atoms with Crippen molar-refractivity contribution < 1.29 is 9.59 Å². The van der Waals surface area contributed by atoms with E-state index < -0.39 is 17.6 Å². The minimum atomic E-state index is -1.30. The minimum absolute atomic E-state index is 0.356. The Balaban J connectivity index is 3.11. The number of aryl methyl sites for hydroxylation is 1. The normalized spacial score (nSPS) is 11.6. The molecule has 0 bridgehead atoms. The van der Waals surface area contributed by atoms with Crippen LogP contribution in [0, 0.1) is 17.2 Å². The zero-order valence-corrected chi connectivity index (χ0v) is 11.1. The van der Waals surface area contributed by atoms with Gasteiger partial charge in [0.25, 0.3) is 0 Å². The van der Waals surface area contributed by atoms with Gasteiger partial charge in [-0.25, -0.2) is 0 Å². The molecule has 1 aromatic heterocycles. The third-order valence-electron chi connectivity index (χ3n) is 2.36. The number of hydrogen-bond acceptors (Lipinski definition) is 3. The number of rotatable bonds is 4. The smallest absolute Gasteiger partial charge is 0.245 e. The Morgan fingerprint density at radius 3 is 2.76 bits per heavy atom. The van der Waals surface area contributed by atoms with Crippen molar-refractivity contribution in [1.82, 2.24) is 9.88 Å². The van der Waals surface area contributed by atoms with Gasteiger partial charge in [-0.3, -0.25) is 9.59 Å². The highest BCUT2D eigenvalue weighted by molar-refractivity contribution is 9.10. The third-order valence-corrected chi connectivity index (χ3v) is 2.79. The number of hydrogen-bond donors (Lipinski definition) is 1. The largest absolute Gasteiger partial charge is 0.358 e. The lowest BCUT2D eigenvalue weighted by molar-refractivity contribution is -0.121. The number of amides is 1. The fourth-order valence-corrected chi connectivity index (χ4v) is 1.94. The number of nitrogens with zero attached hydrogens (tertiary/aromatic N) is 2. The number of nitrogens with one attached hydrogen (secondary N) is 1. The summed E-state index contributed by atoms with van der Waals surface area (Å²) in [5.41, 5.74) is 0.356. The van der Waals surface area contributed by atoms with Gasteiger partial charge < -0.3 is 9.88 Å². The van der Waals surface area contributed by atoms with Crippen LogP contribution in [0.5, 0.6) is 0 Å². The number of ketones is 1. The van der Waals surface area contributed by atoms with Crippen LogP contribution < -0.4 is 5.32 Å². The Bertz CT molecular complexity index is 487. The van der Waals surface area contributed by atoms with E-state index in [0.29, 0.717) is 12.2 Å². The van der Waals surface area contributed by atoms with Crippen LogP contribution in [0.15, 0.2) is 16.7 Å². The van der Waals surface area contributed by atoms with Gasteiger partial charge in [-0.1, -0.05) is 0 Å². The molecule has 1 heterocycles. The van der Waals surface area contributed by atoms with Gasteiger partial charge in [0.15, 0.2) is 5.92 Å². The molecule has 1 N–H and O–H groups in total. The first-order valence-electron chi connectivity index (χ1n) is 5.06. The monoisotopic (exact) mass is 297 g/mol. The summed E-state index contributed by atoms with van der Waals surface area (Å²) in [7, 11) is 1.40. The molecular weight excluding hydrogens is 286 g/mol. The van der Waals surface area contributed by atoms with Gasteiger partial charge in [-0.15, -0.1) is 0 Å². The van der Waals surface area contributed by atoms with Crippen LogP contribution in [-0.2, 0) is 11.3 Å². The molecule has 0 spiro atoms. The summed E-state index contributed by atoms with van der Waals surface area (Å²) in [6.45, 7) is 2.48. The quantitative estimate of drug-likeness (QED) is 0.673. The van der Waals surface area contributed by atoms with Crippen LogP contribution >= 0.6 is 15.9 Å². The van der Waals surface area contributed by atoms with E-state index in [0.717, 1.165) is 4.47 Å². The second-order valence-corrected chi connectivity index (χ2v) is 4.29. The second-order valence-electron chi connectivity index (χ2n) is 3.37. The molecule has 0 saturated heterocycles. The molecule has 90 valence electrons. The predicted octanol–water partition coefficient (Wildman–Crippen LogP) is 1.34. The number of nitriles is 1. The maximum absolute atomic E-state index is 12.0. The molecule has 0 fully saturated rings. The van der Waals surface area contributed by atoms with Crippen LogP contribution in [0.3, 0.4) is 0 Å².